The fourth-order valence-corrected chi connectivity index (χ4v) is 4.93. The van der Waals surface area contributed by atoms with Gasteiger partial charge in [0.05, 0.1) is 23.4 Å². The number of aromatic nitrogens is 4. The van der Waals surface area contributed by atoms with Crippen LogP contribution in [0.5, 0.6) is 0 Å². The third-order valence-corrected chi connectivity index (χ3v) is 6.78. The van der Waals surface area contributed by atoms with Gasteiger partial charge in [0.25, 0.3) is 5.56 Å². The van der Waals surface area contributed by atoms with Crippen LogP contribution in [0.1, 0.15) is 48.5 Å². The summed E-state index contributed by atoms with van der Waals surface area (Å²) in [6.07, 6.45) is 0.980. The summed E-state index contributed by atoms with van der Waals surface area (Å²) in [5, 5.41) is 9.58. The van der Waals surface area contributed by atoms with Gasteiger partial charge in [-0.1, -0.05) is 24.6 Å². The number of aryl methyl sites for hydroxylation is 4. The minimum atomic E-state index is -0.199. The van der Waals surface area contributed by atoms with Gasteiger partial charge in [-0.15, -0.1) is 11.3 Å². The van der Waals surface area contributed by atoms with Crippen molar-refractivity contribution >= 4 is 22.2 Å². The van der Waals surface area contributed by atoms with Crippen LogP contribution >= 0.6 is 11.3 Å². The highest BCUT2D eigenvalue weighted by atomic mass is 32.1. The van der Waals surface area contributed by atoms with Crippen LogP contribution in [0.2, 0.25) is 0 Å². The summed E-state index contributed by atoms with van der Waals surface area (Å²) in [5.74, 6) is -0.104. The van der Waals surface area contributed by atoms with Crippen LogP contribution in [-0.2, 0) is 11.2 Å². The number of carbonyl (C=O) groups is 1. The average Bonchev–Trinajstić information content (AvgIpc) is 3.31. The highest BCUT2D eigenvalue weighted by Crippen LogP contribution is 2.25. The maximum absolute atomic E-state index is 13.6. The minimum absolute atomic E-state index is 0.0900. The molecule has 0 aliphatic carbocycles. The van der Waals surface area contributed by atoms with E-state index in [-0.39, 0.29) is 23.9 Å². The monoisotopic (exact) mass is 463 g/mol. The number of thiazole rings is 1. The van der Waals surface area contributed by atoms with Crippen molar-refractivity contribution in [2.24, 2.45) is 0 Å². The molecule has 172 valence electrons. The largest absolute Gasteiger partial charge is 0.353 e. The minimum Gasteiger partial charge on any atom is -0.353 e. The van der Waals surface area contributed by atoms with Gasteiger partial charge in [0.2, 0.25) is 5.91 Å². The predicted octanol–water partition coefficient (Wildman–Crippen LogP) is 4.30. The smallest absolute Gasteiger partial charge is 0.268 e. The van der Waals surface area contributed by atoms with Gasteiger partial charge in [-0.25, -0.2) is 9.67 Å². The van der Waals surface area contributed by atoms with E-state index in [0.29, 0.717) is 27.6 Å². The van der Waals surface area contributed by atoms with Gasteiger partial charge in [0.15, 0.2) is 4.96 Å². The molecule has 4 rings (SSSR count). The van der Waals surface area contributed by atoms with E-state index >= 15 is 0 Å². The number of nitrogens with one attached hydrogen (secondary N) is 1. The molecule has 1 N–H and O–H groups in total. The molecule has 1 amide bonds. The Morgan fingerprint density at radius 2 is 1.94 bits per heavy atom. The Hall–Kier alpha value is -3.26. The molecule has 0 saturated heterocycles. The number of carbonyl (C=O) groups excluding carboxylic acids is 1. The van der Waals surface area contributed by atoms with E-state index in [9.17, 15) is 9.59 Å². The van der Waals surface area contributed by atoms with Crippen LogP contribution in [0.15, 0.2) is 34.4 Å². The van der Waals surface area contributed by atoms with Gasteiger partial charge >= 0.3 is 0 Å². The van der Waals surface area contributed by atoms with E-state index in [1.807, 2.05) is 49.9 Å². The molecule has 33 heavy (non-hydrogen) atoms. The van der Waals surface area contributed by atoms with Crippen LogP contribution in [-0.4, -0.2) is 31.1 Å². The Balaban J connectivity index is 1.79. The van der Waals surface area contributed by atoms with E-state index < -0.39 is 0 Å². The molecule has 8 heteroatoms. The number of nitrogens with zero attached hydrogens (tertiary/aromatic N) is 4. The molecule has 1 atom stereocenters. The van der Waals surface area contributed by atoms with Gasteiger partial charge in [-0.2, -0.15) is 5.10 Å². The molecule has 0 bridgehead atoms. The second-order valence-corrected chi connectivity index (χ2v) is 9.49. The Bertz CT molecular complexity index is 1410. The molecular formula is C25H29N5O2S. The number of hydrogen-bond acceptors (Lipinski definition) is 5. The molecule has 1 unspecified atom stereocenters. The summed E-state index contributed by atoms with van der Waals surface area (Å²) in [5.41, 5.74) is 6.32. The molecule has 0 fully saturated rings. The Kier molecular flexibility index (Phi) is 6.21. The molecule has 3 heterocycles. The van der Waals surface area contributed by atoms with Crippen LogP contribution in [0, 0.1) is 27.7 Å². The highest BCUT2D eigenvalue weighted by molar-refractivity contribution is 7.15. The van der Waals surface area contributed by atoms with Gasteiger partial charge in [0, 0.05) is 22.8 Å². The Labute approximate surface area is 197 Å². The molecular weight excluding hydrogens is 434 g/mol. The molecule has 0 radical (unpaired) electrons. The predicted molar refractivity (Wildman–Crippen MR) is 132 cm³/mol. The molecule has 0 aliphatic rings. The van der Waals surface area contributed by atoms with Crippen LogP contribution in [0.25, 0.3) is 21.9 Å². The van der Waals surface area contributed by atoms with Crippen molar-refractivity contribution in [2.75, 3.05) is 0 Å². The molecule has 0 saturated carbocycles. The first-order valence-corrected chi connectivity index (χ1v) is 12.0. The molecule has 3 aromatic heterocycles. The second kappa shape index (κ2) is 8.94. The van der Waals surface area contributed by atoms with E-state index in [2.05, 4.69) is 36.3 Å². The van der Waals surface area contributed by atoms with Crippen molar-refractivity contribution in [2.45, 2.75) is 60.4 Å². The van der Waals surface area contributed by atoms with Crippen LogP contribution in [0.3, 0.4) is 0 Å². The van der Waals surface area contributed by atoms with Gasteiger partial charge in [0.1, 0.15) is 5.69 Å². The summed E-state index contributed by atoms with van der Waals surface area (Å²) < 4.78 is 3.42. The third kappa shape index (κ3) is 4.35. The number of hydrogen-bond donors (Lipinski definition) is 1. The Morgan fingerprint density at radius 3 is 2.64 bits per heavy atom. The van der Waals surface area contributed by atoms with E-state index in [1.54, 1.807) is 4.40 Å². The van der Waals surface area contributed by atoms with Crippen molar-refractivity contribution in [3.63, 3.8) is 0 Å². The van der Waals surface area contributed by atoms with E-state index in [1.165, 1.54) is 16.9 Å². The maximum atomic E-state index is 13.6. The lowest BCUT2D eigenvalue weighted by molar-refractivity contribution is -0.121. The molecule has 1 aromatic carbocycles. The van der Waals surface area contributed by atoms with Crippen molar-refractivity contribution in [3.8, 4) is 16.9 Å². The summed E-state index contributed by atoms with van der Waals surface area (Å²) in [6, 6.07) is 8.22. The zero-order chi connectivity index (χ0) is 23.9. The number of benzene rings is 1. The number of rotatable bonds is 6. The van der Waals surface area contributed by atoms with E-state index in [4.69, 9.17) is 5.10 Å². The number of amides is 1. The summed E-state index contributed by atoms with van der Waals surface area (Å²) >= 11 is 1.37. The maximum Gasteiger partial charge on any atom is 0.268 e. The SMILES string of the molecule is CCC(C)NC(=O)Cc1csc2nc(C)c(-c3cc(C)n(-c4ccc(C)cc4C)n3)c(=O)n12. The first-order valence-electron chi connectivity index (χ1n) is 11.1. The lowest BCUT2D eigenvalue weighted by Crippen LogP contribution is -2.34. The topological polar surface area (TPSA) is 81.3 Å². The van der Waals surface area contributed by atoms with Crippen molar-refractivity contribution in [3.05, 3.63) is 68.2 Å². The van der Waals surface area contributed by atoms with Crippen molar-refractivity contribution in [1.82, 2.24) is 24.5 Å². The summed E-state index contributed by atoms with van der Waals surface area (Å²) in [6.45, 7) is 11.9. The lowest BCUT2D eigenvalue weighted by atomic mass is 10.1. The Morgan fingerprint density at radius 1 is 1.18 bits per heavy atom. The summed E-state index contributed by atoms with van der Waals surface area (Å²) in [7, 11) is 0. The zero-order valence-corrected chi connectivity index (χ0v) is 20.7. The average molecular weight is 464 g/mol. The van der Waals surface area contributed by atoms with Crippen molar-refractivity contribution < 1.29 is 4.79 Å². The van der Waals surface area contributed by atoms with Crippen LogP contribution < -0.4 is 10.9 Å². The first kappa shape index (κ1) is 22.9. The lowest BCUT2D eigenvalue weighted by Gasteiger charge is -2.11. The van der Waals surface area contributed by atoms with Gasteiger partial charge in [-0.3, -0.25) is 14.0 Å². The van der Waals surface area contributed by atoms with E-state index in [0.717, 1.165) is 23.4 Å². The van der Waals surface area contributed by atoms with Gasteiger partial charge < -0.3 is 5.32 Å². The quantitative estimate of drug-likeness (QED) is 0.462. The third-order valence-electron chi connectivity index (χ3n) is 5.91. The fourth-order valence-electron chi connectivity index (χ4n) is 4.00. The normalized spacial score (nSPS) is 12.3. The number of fused-ring (bicyclic) bond motifs is 1. The standard InChI is InChI=1S/C25H29N5O2S/c1-7-16(4)26-22(31)12-19-13-33-25-27-18(6)23(24(32)29(19)25)20-11-17(5)30(28-20)21-9-8-14(2)10-15(21)3/h8-11,13,16H,7,12H2,1-6H3,(H,26,31). The molecule has 4 aromatic rings. The van der Waals surface area contributed by atoms with Crippen LogP contribution in [0.4, 0.5) is 0 Å². The summed E-state index contributed by atoms with van der Waals surface area (Å²) in [4.78, 5) is 31.3. The molecule has 0 spiro atoms. The molecule has 7 nitrogen and oxygen atoms in total. The second-order valence-electron chi connectivity index (χ2n) is 8.65. The zero-order valence-electron chi connectivity index (χ0n) is 19.9. The van der Waals surface area contributed by atoms with Crippen molar-refractivity contribution in [1.29, 1.82) is 0 Å². The fraction of sp³-hybridized carbons (Fsp3) is 0.360. The van der Waals surface area contributed by atoms with Gasteiger partial charge in [-0.05, 0) is 58.7 Å². The highest BCUT2D eigenvalue weighted by Gasteiger charge is 2.20. The first-order chi connectivity index (χ1) is 15.7. The molecule has 0 aliphatic heterocycles.